The predicted molar refractivity (Wildman–Crippen MR) is 141 cm³/mol. The number of nitrogens with zero attached hydrogens (tertiary/aromatic N) is 6. The molecule has 1 heterocycles. The minimum absolute atomic E-state index is 0.0601. The number of likely N-dealkylation sites (N-methyl/N-ethyl adjacent to an activating group) is 1. The van der Waals surface area contributed by atoms with Crippen molar-refractivity contribution in [2.24, 2.45) is 0 Å². The van der Waals surface area contributed by atoms with Gasteiger partial charge in [0.05, 0.1) is 0 Å². The van der Waals surface area contributed by atoms with E-state index in [1.165, 1.54) is 46.1 Å². The van der Waals surface area contributed by atoms with Crippen LogP contribution in [0.5, 0.6) is 5.75 Å². The van der Waals surface area contributed by atoms with Crippen LogP contribution in [0.2, 0.25) is 0 Å². The van der Waals surface area contributed by atoms with Gasteiger partial charge in [0.15, 0.2) is 0 Å². The molecule has 1 atom stereocenters. The first-order valence-electron chi connectivity index (χ1n) is 12.7. The van der Waals surface area contributed by atoms with Gasteiger partial charge in [-0.25, -0.2) is 4.39 Å². The molecule has 0 radical (unpaired) electrons. The number of carbonyl (C=O) groups is 2. The van der Waals surface area contributed by atoms with Crippen LogP contribution in [0, 0.1) is 5.82 Å². The molecule has 0 spiro atoms. The average molecular weight is 526 g/mol. The number of aromatic hydroxyl groups is 1. The highest BCUT2D eigenvalue weighted by atomic mass is 19.1. The highest BCUT2D eigenvalue weighted by Crippen LogP contribution is 2.25. The summed E-state index contributed by atoms with van der Waals surface area (Å²) in [7, 11) is 0. The number of benzene rings is 2. The maximum absolute atomic E-state index is 13.7. The molecule has 38 heavy (non-hydrogen) atoms. The number of phenols is 1. The molecule has 0 saturated carbocycles. The molecule has 0 aliphatic heterocycles. The molecule has 0 fully saturated rings. The normalized spacial score (nSPS) is 12.4. The topological polar surface area (TPSA) is 116 Å². The Morgan fingerprint density at radius 2 is 1.66 bits per heavy atom. The zero-order valence-corrected chi connectivity index (χ0v) is 22.6. The molecule has 0 aliphatic rings. The number of amides is 2. The van der Waals surface area contributed by atoms with Gasteiger partial charge in [-0.2, -0.15) is 4.80 Å². The highest BCUT2D eigenvalue weighted by molar-refractivity contribution is 5.89. The van der Waals surface area contributed by atoms with Gasteiger partial charge < -0.3 is 20.2 Å². The van der Waals surface area contributed by atoms with Gasteiger partial charge in [0.2, 0.25) is 17.6 Å². The molecule has 2 aromatic carbocycles. The van der Waals surface area contributed by atoms with E-state index in [0.29, 0.717) is 17.7 Å². The second-order valence-electron chi connectivity index (χ2n) is 10.00. The first-order valence-corrected chi connectivity index (χ1v) is 12.7. The third kappa shape index (κ3) is 7.82. The summed E-state index contributed by atoms with van der Waals surface area (Å²) in [5.74, 6) is -0.774. The number of aromatic nitrogens is 4. The van der Waals surface area contributed by atoms with Gasteiger partial charge in [-0.15, -0.1) is 10.2 Å². The molecule has 3 rings (SSSR count). The third-order valence-corrected chi connectivity index (χ3v) is 5.97. The number of phenolic OH excluding ortho intramolecular Hbond substituents is 1. The molecule has 204 valence electrons. The van der Waals surface area contributed by atoms with Crippen molar-refractivity contribution < 1.29 is 19.1 Å². The molecule has 0 bridgehead atoms. The summed E-state index contributed by atoms with van der Waals surface area (Å²) >= 11 is 0. The Kier molecular flexibility index (Phi) is 9.51. The zero-order valence-electron chi connectivity index (χ0n) is 22.6. The number of hydrogen-bond donors (Lipinski definition) is 2. The van der Waals surface area contributed by atoms with Crippen LogP contribution in [0.1, 0.15) is 46.2 Å². The van der Waals surface area contributed by atoms with Gasteiger partial charge in [0, 0.05) is 24.2 Å². The Morgan fingerprint density at radius 3 is 2.24 bits per heavy atom. The van der Waals surface area contributed by atoms with E-state index in [2.05, 4.69) is 25.6 Å². The van der Waals surface area contributed by atoms with Gasteiger partial charge in [0.25, 0.3) is 0 Å². The van der Waals surface area contributed by atoms with E-state index in [-0.39, 0.29) is 42.3 Å². The fraction of sp³-hybridized carbons (Fsp3) is 0.444. The molecule has 2 amide bonds. The van der Waals surface area contributed by atoms with Crippen LogP contribution < -0.4 is 5.32 Å². The van der Waals surface area contributed by atoms with Crippen molar-refractivity contribution in [3.63, 3.8) is 0 Å². The summed E-state index contributed by atoms with van der Waals surface area (Å²) in [5.41, 5.74) is 0.600. The van der Waals surface area contributed by atoms with Crippen molar-refractivity contribution in [1.82, 2.24) is 35.3 Å². The van der Waals surface area contributed by atoms with Crippen molar-refractivity contribution in [1.29, 1.82) is 0 Å². The second kappa shape index (κ2) is 12.6. The number of hydrogen-bond acceptors (Lipinski definition) is 7. The summed E-state index contributed by atoms with van der Waals surface area (Å²) in [6, 6.07) is 11.0. The van der Waals surface area contributed by atoms with Gasteiger partial charge in [-0.3, -0.25) is 9.59 Å². The summed E-state index contributed by atoms with van der Waals surface area (Å²) in [5, 5.41) is 25.1. The number of rotatable bonds is 11. The lowest BCUT2D eigenvalue weighted by Gasteiger charge is -2.35. The quantitative estimate of drug-likeness (QED) is 0.395. The number of halogens is 1. The molecule has 10 nitrogen and oxygen atoms in total. The van der Waals surface area contributed by atoms with E-state index in [0.717, 1.165) is 13.1 Å². The van der Waals surface area contributed by atoms with Crippen LogP contribution in [-0.2, 0) is 16.1 Å². The van der Waals surface area contributed by atoms with Crippen molar-refractivity contribution in [2.75, 3.05) is 26.2 Å². The Labute approximate surface area is 222 Å². The summed E-state index contributed by atoms with van der Waals surface area (Å²) < 4.78 is 13.3. The van der Waals surface area contributed by atoms with E-state index in [4.69, 9.17) is 0 Å². The SMILES string of the molecule is CCN(CC)CCN(C(=O)Cn1nnc(-c2ccc(F)cc2)n1)[C@H](C(=O)NC(C)(C)C)c1ccc(O)cc1. The first kappa shape index (κ1) is 28.7. The molecule has 1 aromatic heterocycles. The van der Waals surface area contributed by atoms with Crippen LogP contribution in [0.3, 0.4) is 0 Å². The molecular formula is C27H36FN7O3. The van der Waals surface area contributed by atoms with Crippen molar-refractivity contribution in [2.45, 2.75) is 52.7 Å². The lowest BCUT2D eigenvalue weighted by molar-refractivity contribution is -0.142. The summed E-state index contributed by atoms with van der Waals surface area (Å²) in [6.45, 7) is 11.9. The Balaban J connectivity index is 1.94. The molecular weight excluding hydrogens is 489 g/mol. The largest absolute Gasteiger partial charge is 0.508 e. The molecule has 3 aromatic rings. The van der Waals surface area contributed by atoms with Crippen LogP contribution in [0.4, 0.5) is 4.39 Å². The predicted octanol–water partition coefficient (Wildman–Crippen LogP) is 3.01. The minimum Gasteiger partial charge on any atom is -0.508 e. The van der Waals surface area contributed by atoms with Crippen LogP contribution in [-0.4, -0.2) is 78.6 Å². The summed E-state index contributed by atoms with van der Waals surface area (Å²) in [6.07, 6.45) is 0. The molecule has 2 N–H and O–H groups in total. The highest BCUT2D eigenvalue weighted by Gasteiger charge is 2.33. The zero-order chi connectivity index (χ0) is 27.9. The minimum atomic E-state index is -0.946. The second-order valence-corrected chi connectivity index (χ2v) is 10.00. The van der Waals surface area contributed by atoms with E-state index < -0.39 is 11.6 Å². The Hall–Kier alpha value is -3.86. The first-order chi connectivity index (χ1) is 18.0. The lowest BCUT2D eigenvalue weighted by Crippen LogP contribution is -2.51. The van der Waals surface area contributed by atoms with Gasteiger partial charge in [-0.1, -0.05) is 26.0 Å². The standard InChI is InChI=1S/C27H36FN7O3/c1-6-33(7-2)16-17-34(24(26(38)29-27(3,4)5)19-10-14-22(36)15-11-19)23(37)18-35-31-25(30-32-35)20-8-12-21(28)13-9-20/h8-15,24,36H,6-7,16-18H2,1-5H3,(H,29,38)/t24-/m0/s1. The lowest BCUT2D eigenvalue weighted by atomic mass is 10.0. The fourth-order valence-corrected chi connectivity index (χ4v) is 3.99. The number of tetrazole rings is 1. The number of nitrogens with one attached hydrogen (secondary N) is 1. The van der Waals surface area contributed by atoms with Crippen molar-refractivity contribution >= 4 is 11.8 Å². The van der Waals surface area contributed by atoms with E-state index in [9.17, 15) is 19.1 Å². The third-order valence-electron chi connectivity index (χ3n) is 5.97. The van der Waals surface area contributed by atoms with E-state index >= 15 is 0 Å². The maximum Gasteiger partial charge on any atom is 0.247 e. The van der Waals surface area contributed by atoms with Gasteiger partial charge in [0.1, 0.15) is 24.2 Å². The molecule has 11 heteroatoms. The Bertz CT molecular complexity index is 1200. The van der Waals surface area contributed by atoms with Crippen molar-refractivity contribution in [3.8, 4) is 17.1 Å². The fourth-order valence-electron chi connectivity index (χ4n) is 3.99. The molecule has 0 saturated heterocycles. The van der Waals surface area contributed by atoms with E-state index in [1.807, 2.05) is 34.6 Å². The summed E-state index contributed by atoms with van der Waals surface area (Å²) in [4.78, 5) is 32.2. The smallest absolute Gasteiger partial charge is 0.247 e. The molecule has 0 unspecified atom stereocenters. The monoisotopic (exact) mass is 525 g/mol. The van der Waals surface area contributed by atoms with E-state index in [1.54, 1.807) is 12.1 Å². The maximum atomic E-state index is 13.7. The molecule has 0 aliphatic carbocycles. The van der Waals surface area contributed by atoms with Crippen LogP contribution >= 0.6 is 0 Å². The average Bonchev–Trinajstić information content (AvgIpc) is 3.32. The Morgan fingerprint density at radius 1 is 1.03 bits per heavy atom. The van der Waals surface area contributed by atoms with Crippen molar-refractivity contribution in [3.05, 3.63) is 59.9 Å². The van der Waals surface area contributed by atoms with Crippen LogP contribution in [0.25, 0.3) is 11.4 Å². The number of carbonyl (C=O) groups excluding carboxylic acids is 2. The van der Waals surface area contributed by atoms with Crippen LogP contribution in [0.15, 0.2) is 48.5 Å². The van der Waals surface area contributed by atoms with Gasteiger partial charge >= 0.3 is 0 Å². The van der Waals surface area contributed by atoms with Gasteiger partial charge in [-0.05, 0) is 81.0 Å².